The van der Waals surface area contributed by atoms with Crippen LogP contribution in [-0.4, -0.2) is 63.7 Å². The van der Waals surface area contributed by atoms with Crippen molar-refractivity contribution >= 4 is 16.9 Å². The largest absolute Gasteiger partial charge is 0.388 e. The molecule has 11 heteroatoms. The molecule has 7 rings (SSSR count). The number of hydrogen-bond acceptors (Lipinski definition) is 6. The standard InChI is InChI=1S/C30H28FN7O3/c31-23-5-1-21(2-6-23)28(39)35-13-11-30(41,12-14-35)18-36-19-32-27-26(29(36)40)16-34-38(27)25-7-3-20(4-8-25)22-15-33-37(17-22)24-9-10-24/h1-8,15-17,19,24,41H,9-14,18H2. The van der Waals surface area contributed by atoms with Crippen LogP contribution in [0.4, 0.5) is 4.39 Å². The zero-order chi connectivity index (χ0) is 28.1. The van der Waals surface area contributed by atoms with Crippen molar-refractivity contribution in [3.8, 4) is 16.8 Å². The Hall–Kier alpha value is -4.64. The van der Waals surface area contributed by atoms with Gasteiger partial charge in [-0.25, -0.2) is 14.1 Å². The first kappa shape index (κ1) is 25.3. The first-order valence-corrected chi connectivity index (χ1v) is 13.7. The highest BCUT2D eigenvalue weighted by molar-refractivity contribution is 5.94. The van der Waals surface area contributed by atoms with E-state index in [4.69, 9.17) is 0 Å². The Morgan fingerprint density at radius 1 is 0.976 bits per heavy atom. The van der Waals surface area contributed by atoms with Crippen LogP contribution in [0, 0.1) is 5.82 Å². The normalized spacial score (nSPS) is 16.8. The molecule has 0 unspecified atom stereocenters. The average Bonchev–Trinajstić information content (AvgIpc) is 3.55. The summed E-state index contributed by atoms with van der Waals surface area (Å²) in [6.45, 7) is 0.709. The van der Waals surface area contributed by atoms with Crippen LogP contribution in [0.25, 0.3) is 27.8 Å². The minimum Gasteiger partial charge on any atom is -0.388 e. The molecule has 3 aromatic heterocycles. The van der Waals surface area contributed by atoms with Crippen LogP contribution >= 0.6 is 0 Å². The molecule has 0 atom stereocenters. The minimum atomic E-state index is -1.17. The Morgan fingerprint density at radius 2 is 1.71 bits per heavy atom. The fraction of sp³-hybridized carbons (Fsp3) is 0.300. The zero-order valence-electron chi connectivity index (χ0n) is 22.2. The van der Waals surface area contributed by atoms with Crippen molar-refractivity contribution in [1.29, 1.82) is 0 Å². The number of carbonyl (C=O) groups excluding carboxylic acids is 1. The molecule has 208 valence electrons. The number of hydrogen-bond donors (Lipinski definition) is 1. The molecule has 41 heavy (non-hydrogen) atoms. The van der Waals surface area contributed by atoms with Crippen molar-refractivity contribution in [2.24, 2.45) is 0 Å². The summed E-state index contributed by atoms with van der Waals surface area (Å²) in [7, 11) is 0. The third-order valence-corrected chi connectivity index (χ3v) is 8.06. The van der Waals surface area contributed by atoms with Crippen LogP contribution in [0.5, 0.6) is 0 Å². The molecule has 1 aliphatic carbocycles. The van der Waals surface area contributed by atoms with E-state index in [1.807, 2.05) is 35.1 Å². The van der Waals surface area contributed by atoms with Gasteiger partial charge in [-0.2, -0.15) is 10.2 Å². The number of aliphatic hydroxyl groups is 1. The van der Waals surface area contributed by atoms with Gasteiger partial charge in [0.25, 0.3) is 11.5 Å². The lowest BCUT2D eigenvalue weighted by Crippen LogP contribution is -2.49. The Bertz CT molecular complexity index is 1790. The number of aromatic nitrogens is 6. The molecule has 0 spiro atoms. The number of fused-ring (bicyclic) bond motifs is 1. The van der Waals surface area contributed by atoms with Gasteiger partial charge in [0.05, 0.1) is 36.3 Å². The zero-order valence-corrected chi connectivity index (χ0v) is 22.2. The van der Waals surface area contributed by atoms with Crippen LogP contribution in [0.2, 0.25) is 0 Å². The number of likely N-dealkylation sites (tertiary alicyclic amines) is 1. The van der Waals surface area contributed by atoms with Crippen molar-refractivity contribution in [3.05, 3.63) is 95.2 Å². The quantitative estimate of drug-likeness (QED) is 0.344. The molecule has 1 saturated heterocycles. The number of rotatable bonds is 6. The minimum absolute atomic E-state index is 0.0573. The van der Waals surface area contributed by atoms with E-state index < -0.39 is 11.4 Å². The molecule has 2 aromatic carbocycles. The predicted octanol–water partition coefficient (Wildman–Crippen LogP) is 3.59. The van der Waals surface area contributed by atoms with Crippen LogP contribution in [0.3, 0.4) is 0 Å². The summed E-state index contributed by atoms with van der Waals surface area (Å²) in [6.07, 6.45) is 9.85. The van der Waals surface area contributed by atoms with Gasteiger partial charge >= 0.3 is 0 Å². The number of halogens is 1. The first-order valence-electron chi connectivity index (χ1n) is 13.7. The lowest BCUT2D eigenvalue weighted by molar-refractivity contribution is -0.0299. The Kier molecular flexibility index (Phi) is 6.04. The van der Waals surface area contributed by atoms with E-state index in [-0.39, 0.29) is 18.0 Å². The molecule has 1 aliphatic heterocycles. The molecule has 1 N–H and O–H groups in total. The van der Waals surface area contributed by atoms with Gasteiger partial charge in [-0.05, 0) is 67.6 Å². The lowest BCUT2D eigenvalue weighted by Gasteiger charge is -2.38. The van der Waals surface area contributed by atoms with E-state index in [0.29, 0.717) is 48.6 Å². The molecule has 2 fully saturated rings. The van der Waals surface area contributed by atoms with Crippen LogP contribution in [0.1, 0.15) is 42.1 Å². The molecule has 1 saturated carbocycles. The summed E-state index contributed by atoms with van der Waals surface area (Å²) in [6, 6.07) is 13.8. The summed E-state index contributed by atoms with van der Waals surface area (Å²) in [5.41, 5.74) is 2.26. The summed E-state index contributed by atoms with van der Waals surface area (Å²) >= 11 is 0. The average molecular weight is 554 g/mol. The van der Waals surface area contributed by atoms with Crippen LogP contribution < -0.4 is 5.56 Å². The molecule has 4 heterocycles. The summed E-state index contributed by atoms with van der Waals surface area (Å²) in [5, 5.41) is 20.5. The highest BCUT2D eigenvalue weighted by Gasteiger charge is 2.35. The van der Waals surface area contributed by atoms with Crippen molar-refractivity contribution in [2.45, 2.75) is 43.9 Å². The van der Waals surface area contributed by atoms with E-state index in [1.54, 1.807) is 9.58 Å². The fourth-order valence-corrected chi connectivity index (χ4v) is 5.45. The molecule has 10 nitrogen and oxygen atoms in total. The number of piperidine rings is 1. The fourth-order valence-electron chi connectivity index (χ4n) is 5.45. The maximum absolute atomic E-state index is 13.3. The number of carbonyl (C=O) groups is 1. The topological polar surface area (TPSA) is 111 Å². The second-order valence-corrected chi connectivity index (χ2v) is 11.0. The second kappa shape index (κ2) is 9.77. The molecule has 0 radical (unpaired) electrons. The monoisotopic (exact) mass is 553 g/mol. The molecule has 0 bridgehead atoms. The van der Waals surface area contributed by atoms with Gasteiger partial charge in [0, 0.05) is 30.4 Å². The van der Waals surface area contributed by atoms with Crippen molar-refractivity contribution in [1.82, 2.24) is 34.0 Å². The molecular formula is C30H28FN7O3. The highest BCUT2D eigenvalue weighted by Crippen LogP contribution is 2.35. The third-order valence-electron chi connectivity index (χ3n) is 8.06. The van der Waals surface area contributed by atoms with Crippen LogP contribution in [-0.2, 0) is 6.54 Å². The smallest absolute Gasteiger partial charge is 0.264 e. The predicted molar refractivity (Wildman–Crippen MR) is 149 cm³/mol. The molecule has 1 amide bonds. The van der Waals surface area contributed by atoms with Crippen molar-refractivity contribution in [2.75, 3.05) is 13.1 Å². The van der Waals surface area contributed by atoms with E-state index in [1.165, 1.54) is 54.2 Å². The number of benzene rings is 2. The van der Waals surface area contributed by atoms with Crippen LogP contribution in [0.15, 0.2) is 78.2 Å². The van der Waals surface area contributed by atoms with E-state index in [0.717, 1.165) is 16.8 Å². The van der Waals surface area contributed by atoms with Gasteiger partial charge < -0.3 is 10.0 Å². The Balaban J connectivity index is 1.05. The molecule has 2 aliphatic rings. The number of nitrogens with zero attached hydrogens (tertiary/aromatic N) is 7. The SMILES string of the molecule is O=C(c1ccc(F)cc1)N1CCC(O)(Cn2cnc3c(cnn3-c3ccc(-c4cnn(C5CC5)c4)cc3)c2=O)CC1. The summed E-state index contributed by atoms with van der Waals surface area (Å²) < 4.78 is 18.3. The Labute approximate surface area is 234 Å². The van der Waals surface area contributed by atoms with E-state index in [9.17, 15) is 19.1 Å². The highest BCUT2D eigenvalue weighted by atomic mass is 19.1. The van der Waals surface area contributed by atoms with Gasteiger partial charge in [0.1, 0.15) is 17.5 Å². The van der Waals surface area contributed by atoms with Crippen molar-refractivity contribution in [3.63, 3.8) is 0 Å². The second-order valence-electron chi connectivity index (χ2n) is 11.0. The van der Waals surface area contributed by atoms with Gasteiger partial charge in [-0.1, -0.05) is 12.1 Å². The van der Waals surface area contributed by atoms with Gasteiger partial charge in [-0.3, -0.25) is 18.8 Å². The Morgan fingerprint density at radius 3 is 2.41 bits per heavy atom. The lowest BCUT2D eigenvalue weighted by atomic mass is 9.91. The summed E-state index contributed by atoms with van der Waals surface area (Å²) in [4.78, 5) is 32.3. The van der Waals surface area contributed by atoms with Crippen molar-refractivity contribution < 1.29 is 14.3 Å². The maximum atomic E-state index is 13.3. The first-order chi connectivity index (χ1) is 19.9. The van der Waals surface area contributed by atoms with E-state index in [2.05, 4.69) is 21.4 Å². The van der Waals surface area contributed by atoms with E-state index >= 15 is 0 Å². The maximum Gasteiger partial charge on any atom is 0.264 e. The third kappa shape index (κ3) is 4.82. The summed E-state index contributed by atoms with van der Waals surface area (Å²) in [5.74, 6) is -0.608. The van der Waals surface area contributed by atoms with Gasteiger partial charge in [0.2, 0.25) is 0 Å². The molecule has 5 aromatic rings. The molecular weight excluding hydrogens is 525 g/mol. The van der Waals surface area contributed by atoms with Gasteiger partial charge in [0.15, 0.2) is 5.65 Å². The van der Waals surface area contributed by atoms with Gasteiger partial charge in [-0.15, -0.1) is 0 Å². The number of amides is 1.